The minimum atomic E-state index is -3.37. The molecule has 0 saturated heterocycles. The Morgan fingerprint density at radius 2 is 2.16 bits per heavy atom. The number of unbranched alkanes of at least 4 members (excludes halogenated alkanes) is 1. The molecule has 8 heteroatoms. The summed E-state index contributed by atoms with van der Waals surface area (Å²) in [5, 5.41) is 13.3. The van der Waals surface area contributed by atoms with Crippen LogP contribution in [0.25, 0.3) is 16.9 Å². The lowest BCUT2D eigenvalue weighted by molar-refractivity contribution is 0.598. The maximum atomic E-state index is 12.1. The van der Waals surface area contributed by atoms with Crippen LogP contribution in [0.3, 0.4) is 0 Å². The number of aromatic nitrogens is 3. The molecule has 1 N–H and O–H groups in total. The van der Waals surface area contributed by atoms with Gasteiger partial charge in [-0.15, -0.1) is 0 Å². The topological polar surface area (TPSA) is 100 Å². The van der Waals surface area contributed by atoms with Crippen LogP contribution in [0.4, 0.5) is 5.69 Å². The van der Waals surface area contributed by atoms with Crippen molar-refractivity contribution in [1.82, 2.24) is 14.6 Å². The summed E-state index contributed by atoms with van der Waals surface area (Å²) < 4.78 is 28.3. The number of nitrogens with one attached hydrogen (secondary N) is 1. The summed E-state index contributed by atoms with van der Waals surface area (Å²) in [6.07, 6.45) is 4.50. The van der Waals surface area contributed by atoms with Gasteiger partial charge in [0.1, 0.15) is 11.6 Å². The van der Waals surface area contributed by atoms with Gasteiger partial charge in [0, 0.05) is 17.4 Å². The van der Waals surface area contributed by atoms with Crippen molar-refractivity contribution >= 4 is 21.4 Å². The molecule has 0 atom stereocenters. The van der Waals surface area contributed by atoms with Crippen molar-refractivity contribution in [3.63, 3.8) is 0 Å². The zero-order chi connectivity index (χ0) is 17.9. The second-order valence-electron chi connectivity index (χ2n) is 5.59. The zero-order valence-corrected chi connectivity index (χ0v) is 14.5. The molecule has 0 saturated carbocycles. The molecule has 0 aliphatic rings. The fourth-order valence-electron chi connectivity index (χ4n) is 2.50. The molecule has 0 radical (unpaired) electrons. The van der Waals surface area contributed by atoms with Crippen molar-refractivity contribution in [2.75, 3.05) is 10.5 Å². The highest BCUT2D eigenvalue weighted by Gasteiger charge is 2.12. The van der Waals surface area contributed by atoms with Gasteiger partial charge in [-0.1, -0.05) is 25.5 Å². The van der Waals surface area contributed by atoms with Gasteiger partial charge >= 0.3 is 0 Å². The predicted octanol–water partition coefficient (Wildman–Crippen LogP) is 2.81. The fourth-order valence-corrected chi connectivity index (χ4v) is 3.75. The molecule has 3 rings (SSSR count). The molecule has 0 bridgehead atoms. The van der Waals surface area contributed by atoms with E-state index in [9.17, 15) is 8.42 Å². The van der Waals surface area contributed by atoms with E-state index in [1.165, 1.54) is 6.20 Å². The highest BCUT2D eigenvalue weighted by Crippen LogP contribution is 2.24. The van der Waals surface area contributed by atoms with Gasteiger partial charge in [0.15, 0.2) is 5.65 Å². The van der Waals surface area contributed by atoms with Gasteiger partial charge in [0.05, 0.1) is 17.6 Å². The monoisotopic (exact) mass is 355 g/mol. The second-order valence-corrected chi connectivity index (χ2v) is 7.43. The standard InChI is InChI=1S/C17H17N5O2S/c1-2-3-9-25(23,24)21-15-6-4-5-13(10-15)16-7-8-19-17-14(11-18)12-20-22(16)17/h4-8,10,12,21H,2-3,9H2,1H3. The first kappa shape index (κ1) is 16.9. The molecule has 0 amide bonds. The summed E-state index contributed by atoms with van der Waals surface area (Å²) in [5.74, 6) is 0.0952. The molecule has 2 heterocycles. The smallest absolute Gasteiger partial charge is 0.232 e. The average Bonchev–Trinajstić information content (AvgIpc) is 3.03. The van der Waals surface area contributed by atoms with Crippen LogP contribution in [0.15, 0.2) is 42.7 Å². The summed E-state index contributed by atoms with van der Waals surface area (Å²) >= 11 is 0. The van der Waals surface area contributed by atoms with E-state index in [1.807, 2.05) is 13.0 Å². The third-order valence-corrected chi connectivity index (χ3v) is 5.09. The van der Waals surface area contributed by atoms with Crippen molar-refractivity contribution in [3.05, 3.63) is 48.3 Å². The summed E-state index contributed by atoms with van der Waals surface area (Å²) in [6.45, 7) is 1.95. The van der Waals surface area contributed by atoms with Gasteiger partial charge in [-0.05, 0) is 24.6 Å². The summed E-state index contributed by atoms with van der Waals surface area (Å²) in [6, 6.07) is 10.9. The van der Waals surface area contributed by atoms with Crippen LogP contribution in [0.2, 0.25) is 0 Å². The molecule has 128 valence electrons. The SMILES string of the molecule is CCCCS(=O)(=O)Nc1cccc(-c2ccnc3c(C#N)cnn23)c1. The summed E-state index contributed by atoms with van der Waals surface area (Å²) in [4.78, 5) is 4.18. The number of hydrogen-bond acceptors (Lipinski definition) is 5. The predicted molar refractivity (Wildman–Crippen MR) is 95.5 cm³/mol. The lowest BCUT2D eigenvalue weighted by Crippen LogP contribution is -2.16. The van der Waals surface area contributed by atoms with Crippen LogP contribution >= 0.6 is 0 Å². The molecule has 25 heavy (non-hydrogen) atoms. The van der Waals surface area contributed by atoms with Gasteiger partial charge in [0.25, 0.3) is 0 Å². The Bertz CT molecular complexity index is 1050. The number of fused-ring (bicyclic) bond motifs is 1. The van der Waals surface area contributed by atoms with E-state index >= 15 is 0 Å². The van der Waals surface area contributed by atoms with Crippen LogP contribution in [0, 0.1) is 11.3 Å². The van der Waals surface area contributed by atoms with Gasteiger partial charge in [-0.25, -0.2) is 17.9 Å². The van der Waals surface area contributed by atoms with Crippen molar-refractivity contribution in [3.8, 4) is 17.3 Å². The fraction of sp³-hybridized carbons (Fsp3) is 0.235. The van der Waals surface area contributed by atoms with Crippen molar-refractivity contribution in [2.45, 2.75) is 19.8 Å². The summed E-state index contributed by atoms with van der Waals surface area (Å²) in [5.41, 5.74) is 2.84. The molecular formula is C17H17N5O2S. The third kappa shape index (κ3) is 3.61. The first-order valence-corrected chi connectivity index (χ1v) is 9.53. The van der Waals surface area contributed by atoms with Gasteiger partial charge in [0.2, 0.25) is 10.0 Å². The highest BCUT2D eigenvalue weighted by atomic mass is 32.2. The molecule has 0 unspecified atom stereocenters. The Morgan fingerprint density at radius 1 is 1.32 bits per heavy atom. The minimum Gasteiger partial charge on any atom is -0.284 e. The van der Waals surface area contributed by atoms with Gasteiger partial charge in [-0.3, -0.25) is 4.72 Å². The van der Waals surface area contributed by atoms with E-state index in [-0.39, 0.29) is 5.75 Å². The molecule has 2 aromatic heterocycles. The van der Waals surface area contributed by atoms with Crippen LogP contribution in [0.1, 0.15) is 25.3 Å². The summed E-state index contributed by atoms with van der Waals surface area (Å²) in [7, 11) is -3.37. The van der Waals surface area contributed by atoms with E-state index < -0.39 is 10.0 Å². The van der Waals surface area contributed by atoms with Crippen molar-refractivity contribution in [1.29, 1.82) is 5.26 Å². The molecule has 0 aliphatic heterocycles. The Hall–Kier alpha value is -2.92. The van der Waals surface area contributed by atoms with E-state index in [4.69, 9.17) is 5.26 Å². The van der Waals surface area contributed by atoms with E-state index in [1.54, 1.807) is 35.0 Å². The Kier molecular flexibility index (Phi) is 4.67. The molecular weight excluding hydrogens is 338 g/mol. The average molecular weight is 355 g/mol. The second kappa shape index (κ2) is 6.91. The quantitative estimate of drug-likeness (QED) is 0.733. The lowest BCUT2D eigenvalue weighted by atomic mass is 10.1. The number of hydrogen-bond donors (Lipinski definition) is 1. The van der Waals surface area contributed by atoms with E-state index in [0.29, 0.717) is 23.3 Å². The first-order valence-electron chi connectivity index (χ1n) is 7.88. The van der Waals surface area contributed by atoms with E-state index in [0.717, 1.165) is 17.7 Å². The number of rotatable bonds is 6. The molecule has 0 fully saturated rings. The maximum Gasteiger partial charge on any atom is 0.232 e. The highest BCUT2D eigenvalue weighted by molar-refractivity contribution is 7.92. The van der Waals surface area contributed by atoms with Crippen LogP contribution < -0.4 is 4.72 Å². The maximum absolute atomic E-state index is 12.1. The number of anilines is 1. The van der Waals surface area contributed by atoms with Crippen LogP contribution in [-0.2, 0) is 10.0 Å². The third-order valence-electron chi connectivity index (χ3n) is 3.72. The molecule has 7 nitrogen and oxygen atoms in total. The molecule has 1 aromatic carbocycles. The van der Waals surface area contributed by atoms with E-state index in [2.05, 4.69) is 20.9 Å². The lowest BCUT2D eigenvalue weighted by Gasteiger charge is -2.10. The number of nitrogens with zero attached hydrogens (tertiary/aromatic N) is 4. The van der Waals surface area contributed by atoms with Crippen LogP contribution in [0.5, 0.6) is 0 Å². The van der Waals surface area contributed by atoms with Crippen molar-refractivity contribution in [2.24, 2.45) is 0 Å². The largest absolute Gasteiger partial charge is 0.284 e. The Balaban J connectivity index is 1.98. The van der Waals surface area contributed by atoms with Gasteiger partial charge < -0.3 is 0 Å². The van der Waals surface area contributed by atoms with Crippen LogP contribution in [-0.4, -0.2) is 28.8 Å². The molecule has 0 spiro atoms. The normalized spacial score (nSPS) is 11.4. The first-order chi connectivity index (χ1) is 12.0. The molecule has 3 aromatic rings. The Labute approximate surface area is 146 Å². The zero-order valence-electron chi connectivity index (χ0n) is 13.7. The Morgan fingerprint density at radius 3 is 2.92 bits per heavy atom. The number of benzene rings is 1. The number of nitriles is 1. The number of sulfonamides is 1. The molecule has 0 aliphatic carbocycles. The van der Waals surface area contributed by atoms with Gasteiger partial charge in [-0.2, -0.15) is 10.4 Å². The van der Waals surface area contributed by atoms with Crippen molar-refractivity contribution < 1.29 is 8.42 Å². The minimum absolute atomic E-state index is 0.0952.